The average Bonchev–Trinajstić information content (AvgIpc) is 2.61. The Hall–Kier alpha value is -2.69. The first kappa shape index (κ1) is 15.2. The average molecular weight is 313 g/mol. The molecule has 120 valence electrons. The maximum Gasteiger partial charge on any atom is 0.265 e. The molecule has 0 aliphatic carbocycles. The highest BCUT2D eigenvalue weighted by Gasteiger charge is 2.28. The lowest BCUT2D eigenvalue weighted by molar-refractivity contribution is -0.131. The van der Waals surface area contributed by atoms with Gasteiger partial charge in [-0.25, -0.2) is 0 Å². The molecule has 0 unspecified atom stereocenters. The van der Waals surface area contributed by atoms with Crippen LogP contribution in [0.4, 0.5) is 0 Å². The molecular weight excluding hydrogens is 294 g/mol. The minimum atomic E-state index is -0.648. The number of nitrogens with one attached hydrogen (secondary N) is 1. The van der Waals surface area contributed by atoms with Crippen LogP contribution in [0.3, 0.4) is 0 Å². The van der Waals surface area contributed by atoms with Gasteiger partial charge in [-0.15, -0.1) is 0 Å². The smallest absolute Gasteiger partial charge is 0.265 e. The summed E-state index contributed by atoms with van der Waals surface area (Å²) in [5, 5.41) is 2.95. The molecule has 1 heterocycles. The number of hydrogen-bond acceptors (Lipinski definition) is 4. The van der Waals surface area contributed by atoms with Crippen LogP contribution in [0, 0.1) is 0 Å². The first-order valence-electron chi connectivity index (χ1n) is 7.50. The molecule has 5 heteroatoms. The minimum Gasteiger partial charge on any atom is -0.497 e. The molecule has 0 saturated carbocycles. The molecule has 0 fully saturated rings. The third-order valence-corrected chi connectivity index (χ3v) is 3.78. The van der Waals surface area contributed by atoms with Crippen molar-refractivity contribution in [2.45, 2.75) is 19.1 Å². The minimum absolute atomic E-state index is 0.130. The number of hydrogen-bond donors (Lipinski definition) is 1. The van der Waals surface area contributed by atoms with Crippen LogP contribution in [0.5, 0.6) is 17.2 Å². The molecule has 0 radical (unpaired) electrons. The topological polar surface area (TPSA) is 56.8 Å². The van der Waals surface area contributed by atoms with E-state index in [0.29, 0.717) is 11.5 Å². The summed E-state index contributed by atoms with van der Waals surface area (Å²) in [5.74, 6) is 1.85. The summed E-state index contributed by atoms with van der Waals surface area (Å²) in [7, 11) is 1.62. The largest absolute Gasteiger partial charge is 0.497 e. The van der Waals surface area contributed by atoms with E-state index >= 15 is 0 Å². The highest BCUT2D eigenvalue weighted by Crippen LogP contribution is 2.31. The summed E-state index contributed by atoms with van der Waals surface area (Å²) < 4.78 is 16.4. The Kier molecular flexibility index (Phi) is 4.37. The molecule has 3 rings (SSSR count). The molecule has 0 aromatic heterocycles. The maximum atomic E-state index is 12.4. The Labute approximate surface area is 135 Å². The summed E-state index contributed by atoms with van der Waals surface area (Å²) in [6, 6.07) is 14.8. The van der Waals surface area contributed by atoms with Crippen molar-refractivity contribution in [1.82, 2.24) is 5.32 Å². The van der Waals surface area contributed by atoms with Gasteiger partial charge in [-0.3, -0.25) is 4.79 Å². The number of ether oxygens (including phenoxy) is 3. The van der Waals surface area contributed by atoms with E-state index in [0.717, 1.165) is 11.3 Å². The second-order valence-electron chi connectivity index (χ2n) is 5.37. The van der Waals surface area contributed by atoms with E-state index in [4.69, 9.17) is 14.2 Å². The zero-order valence-electron chi connectivity index (χ0n) is 13.1. The molecule has 1 aliphatic rings. The monoisotopic (exact) mass is 313 g/mol. The van der Waals surface area contributed by atoms with E-state index in [1.54, 1.807) is 13.2 Å². The lowest BCUT2D eigenvalue weighted by atomic mass is 10.1. The van der Waals surface area contributed by atoms with Crippen LogP contribution >= 0.6 is 0 Å². The summed E-state index contributed by atoms with van der Waals surface area (Å²) >= 11 is 0. The molecule has 0 bridgehead atoms. The molecule has 0 spiro atoms. The number of fused-ring (bicyclic) bond motifs is 1. The highest BCUT2D eigenvalue weighted by atomic mass is 16.6. The number of benzene rings is 2. The van der Waals surface area contributed by atoms with Gasteiger partial charge in [0.1, 0.15) is 12.4 Å². The molecule has 1 amide bonds. The lowest BCUT2D eigenvalue weighted by Gasteiger charge is -2.26. The fourth-order valence-corrected chi connectivity index (χ4v) is 2.43. The van der Waals surface area contributed by atoms with Crippen LogP contribution in [0.1, 0.15) is 18.5 Å². The predicted molar refractivity (Wildman–Crippen MR) is 85.9 cm³/mol. The summed E-state index contributed by atoms with van der Waals surface area (Å²) in [6.07, 6.45) is -0.648. The molecule has 23 heavy (non-hydrogen) atoms. The van der Waals surface area contributed by atoms with Crippen LogP contribution < -0.4 is 19.5 Å². The zero-order chi connectivity index (χ0) is 16.2. The van der Waals surface area contributed by atoms with Gasteiger partial charge in [0.25, 0.3) is 5.91 Å². The van der Waals surface area contributed by atoms with Crippen LogP contribution in [0.25, 0.3) is 0 Å². The maximum absolute atomic E-state index is 12.4. The zero-order valence-corrected chi connectivity index (χ0v) is 13.1. The van der Waals surface area contributed by atoms with Crippen LogP contribution in [0.15, 0.2) is 48.5 Å². The number of rotatable bonds is 4. The van der Waals surface area contributed by atoms with E-state index in [9.17, 15) is 4.79 Å². The van der Waals surface area contributed by atoms with Crippen LogP contribution in [-0.4, -0.2) is 25.7 Å². The van der Waals surface area contributed by atoms with Gasteiger partial charge >= 0.3 is 0 Å². The molecule has 1 N–H and O–H groups in total. The van der Waals surface area contributed by atoms with Crippen molar-refractivity contribution in [3.8, 4) is 17.2 Å². The van der Waals surface area contributed by atoms with Crippen molar-refractivity contribution < 1.29 is 19.0 Å². The van der Waals surface area contributed by atoms with Crippen LogP contribution in [0.2, 0.25) is 0 Å². The van der Waals surface area contributed by atoms with Gasteiger partial charge in [0.2, 0.25) is 6.10 Å². The SMILES string of the molecule is COc1ccc([C@@H](C)NC(=O)[C@H]2COc3ccccc3O2)cc1. The number of amides is 1. The number of methoxy groups -OCH3 is 1. The second-order valence-corrected chi connectivity index (χ2v) is 5.37. The fraction of sp³-hybridized carbons (Fsp3) is 0.278. The first-order chi connectivity index (χ1) is 11.2. The number of carbonyl (C=O) groups excluding carboxylic acids is 1. The van der Waals surface area contributed by atoms with Gasteiger partial charge in [0, 0.05) is 0 Å². The van der Waals surface area contributed by atoms with E-state index in [1.165, 1.54) is 0 Å². The molecule has 0 saturated heterocycles. The standard InChI is InChI=1S/C18H19NO4/c1-12(13-7-9-14(21-2)10-8-13)19-18(20)17-11-22-15-5-3-4-6-16(15)23-17/h3-10,12,17H,11H2,1-2H3,(H,19,20)/t12-,17-/m1/s1. The molecule has 2 aromatic rings. The highest BCUT2D eigenvalue weighted by molar-refractivity contribution is 5.82. The molecule has 2 atom stereocenters. The van der Waals surface area contributed by atoms with Crippen LogP contribution in [-0.2, 0) is 4.79 Å². The molecule has 1 aliphatic heterocycles. The summed E-state index contributed by atoms with van der Waals surface area (Å²) in [6.45, 7) is 2.13. The Morgan fingerprint density at radius 2 is 1.87 bits per heavy atom. The van der Waals surface area contributed by atoms with Crippen molar-refractivity contribution in [3.63, 3.8) is 0 Å². The number of para-hydroxylation sites is 2. The Morgan fingerprint density at radius 3 is 2.57 bits per heavy atom. The first-order valence-corrected chi connectivity index (χ1v) is 7.50. The predicted octanol–water partition coefficient (Wildman–Crippen LogP) is 2.71. The van der Waals surface area contributed by atoms with E-state index in [1.807, 2.05) is 49.4 Å². The van der Waals surface area contributed by atoms with E-state index in [-0.39, 0.29) is 18.6 Å². The Morgan fingerprint density at radius 1 is 1.17 bits per heavy atom. The third kappa shape index (κ3) is 3.39. The van der Waals surface area contributed by atoms with Gasteiger partial charge in [-0.05, 0) is 36.8 Å². The van der Waals surface area contributed by atoms with E-state index < -0.39 is 6.10 Å². The Bertz CT molecular complexity index is 684. The normalized spacial score (nSPS) is 17.2. The van der Waals surface area contributed by atoms with E-state index in [2.05, 4.69) is 5.32 Å². The van der Waals surface area contributed by atoms with Crippen molar-refractivity contribution in [2.24, 2.45) is 0 Å². The van der Waals surface area contributed by atoms with Gasteiger partial charge in [-0.1, -0.05) is 24.3 Å². The molecule has 2 aromatic carbocycles. The summed E-state index contributed by atoms with van der Waals surface area (Å²) in [4.78, 5) is 12.4. The van der Waals surface area contributed by atoms with Gasteiger partial charge in [-0.2, -0.15) is 0 Å². The second kappa shape index (κ2) is 6.60. The fourth-order valence-electron chi connectivity index (χ4n) is 2.43. The summed E-state index contributed by atoms with van der Waals surface area (Å²) in [5.41, 5.74) is 0.997. The number of carbonyl (C=O) groups is 1. The van der Waals surface area contributed by atoms with Gasteiger partial charge in [0.15, 0.2) is 11.5 Å². The third-order valence-electron chi connectivity index (χ3n) is 3.78. The van der Waals surface area contributed by atoms with Crippen molar-refractivity contribution >= 4 is 5.91 Å². The van der Waals surface area contributed by atoms with Crippen molar-refractivity contribution in [2.75, 3.05) is 13.7 Å². The van der Waals surface area contributed by atoms with Crippen molar-refractivity contribution in [3.05, 3.63) is 54.1 Å². The van der Waals surface area contributed by atoms with Gasteiger partial charge < -0.3 is 19.5 Å². The quantitative estimate of drug-likeness (QED) is 0.943. The Balaban J connectivity index is 1.62. The lowest BCUT2D eigenvalue weighted by Crippen LogP contribution is -2.44. The van der Waals surface area contributed by atoms with Gasteiger partial charge in [0.05, 0.1) is 13.2 Å². The molecular formula is C18H19NO4. The molecule has 5 nitrogen and oxygen atoms in total. The van der Waals surface area contributed by atoms with Crippen molar-refractivity contribution in [1.29, 1.82) is 0 Å².